The summed E-state index contributed by atoms with van der Waals surface area (Å²) in [6, 6.07) is 0.614. The van der Waals surface area contributed by atoms with Gasteiger partial charge >= 0.3 is 5.97 Å². The van der Waals surface area contributed by atoms with E-state index >= 15 is 0 Å². The van der Waals surface area contributed by atoms with Crippen LogP contribution in [0.15, 0.2) is 0 Å². The van der Waals surface area contributed by atoms with Crippen molar-refractivity contribution < 1.29 is 9.53 Å². The van der Waals surface area contributed by atoms with E-state index in [1.165, 1.54) is 12.8 Å². The van der Waals surface area contributed by atoms with Gasteiger partial charge in [-0.05, 0) is 51.6 Å². The minimum Gasteiger partial charge on any atom is -0.466 e. The van der Waals surface area contributed by atoms with Crippen molar-refractivity contribution in [1.82, 2.24) is 10.6 Å². The summed E-state index contributed by atoms with van der Waals surface area (Å²) in [6.45, 7) is 5.45. The Morgan fingerprint density at radius 3 is 2.59 bits per heavy atom. The second-order valence-corrected chi connectivity index (χ2v) is 5.13. The Bertz CT molecular complexity index is 244. The van der Waals surface area contributed by atoms with Gasteiger partial charge in [-0.3, -0.25) is 4.79 Å². The number of hydrogen-bond acceptors (Lipinski definition) is 4. The van der Waals surface area contributed by atoms with Crippen molar-refractivity contribution in [1.29, 1.82) is 0 Å². The molecule has 0 aliphatic carbocycles. The van der Waals surface area contributed by atoms with Crippen LogP contribution in [0.5, 0.6) is 0 Å². The maximum Gasteiger partial charge on any atom is 0.310 e. The fourth-order valence-corrected chi connectivity index (χ4v) is 2.99. The van der Waals surface area contributed by atoms with Gasteiger partial charge in [-0.25, -0.2) is 0 Å². The van der Waals surface area contributed by atoms with E-state index in [2.05, 4.69) is 10.6 Å². The number of carbonyl (C=O) groups is 1. The Labute approximate surface area is 103 Å². The van der Waals surface area contributed by atoms with Crippen molar-refractivity contribution in [3.05, 3.63) is 0 Å². The molecule has 0 aromatic carbocycles. The molecule has 0 aromatic rings. The number of rotatable bonds is 3. The molecule has 2 heterocycles. The molecule has 0 aromatic heterocycles. The van der Waals surface area contributed by atoms with Crippen molar-refractivity contribution in [2.45, 2.75) is 38.6 Å². The lowest BCUT2D eigenvalue weighted by Gasteiger charge is -2.36. The molecule has 2 N–H and O–H groups in total. The first-order valence-electron chi connectivity index (χ1n) is 6.92. The van der Waals surface area contributed by atoms with Crippen molar-refractivity contribution in [3.63, 3.8) is 0 Å². The molecule has 98 valence electrons. The first-order valence-corrected chi connectivity index (χ1v) is 6.92. The van der Waals surface area contributed by atoms with Crippen LogP contribution < -0.4 is 10.6 Å². The SMILES string of the molecule is CCOC(=O)C1CCC(C2CCNCC2)NC1. The van der Waals surface area contributed by atoms with E-state index in [0.717, 1.165) is 38.4 Å². The van der Waals surface area contributed by atoms with Gasteiger partial charge in [0.25, 0.3) is 0 Å². The molecule has 2 saturated heterocycles. The van der Waals surface area contributed by atoms with Crippen LogP contribution in [0.3, 0.4) is 0 Å². The molecule has 2 unspecified atom stereocenters. The number of ether oxygens (including phenoxy) is 1. The van der Waals surface area contributed by atoms with E-state index in [1.54, 1.807) is 0 Å². The summed E-state index contributed by atoms with van der Waals surface area (Å²) >= 11 is 0. The standard InChI is InChI=1S/C13H24N2O2/c1-2-17-13(16)11-3-4-12(15-9-11)10-5-7-14-8-6-10/h10-12,14-15H,2-9H2,1H3. The Morgan fingerprint density at radius 1 is 1.24 bits per heavy atom. The van der Waals surface area contributed by atoms with Gasteiger partial charge in [-0.2, -0.15) is 0 Å². The third kappa shape index (κ3) is 3.42. The second kappa shape index (κ2) is 6.36. The normalized spacial score (nSPS) is 31.1. The highest BCUT2D eigenvalue weighted by atomic mass is 16.5. The predicted molar refractivity (Wildman–Crippen MR) is 66.7 cm³/mol. The van der Waals surface area contributed by atoms with E-state index < -0.39 is 0 Å². The second-order valence-electron chi connectivity index (χ2n) is 5.13. The maximum absolute atomic E-state index is 11.6. The molecule has 4 nitrogen and oxygen atoms in total. The van der Waals surface area contributed by atoms with E-state index in [0.29, 0.717) is 12.6 Å². The number of esters is 1. The summed E-state index contributed by atoms with van der Waals surface area (Å²) in [6.07, 6.45) is 4.64. The van der Waals surface area contributed by atoms with Crippen LogP contribution >= 0.6 is 0 Å². The lowest BCUT2D eigenvalue weighted by atomic mass is 9.83. The summed E-state index contributed by atoms with van der Waals surface area (Å²) in [5.41, 5.74) is 0. The van der Waals surface area contributed by atoms with Gasteiger partial charge in [0.05, 0.1) is 12.5 Å². The molecule has 0 bridgehead atoms. The molecule has 2 atom stereocenters. The lowest BCUT2D eigenvalue weighted by molar-refractivity contribution is -0.148. The van der Waals surface area contributed by atoms with Crippen molar-refractivity contribution in [3.8, 4) is 0 Å². The monoisotopic (exact) mass is 240 g/mol. The van der Waals surface area contributed by atoms with Crippen LogP contribution in [-0.2, 0) is 9.53 Å². The van der Waals surface area contributed by atoms with Gasteiger partial charge < -0.3 is 15.4 Å². The van der Waals surface area contributed by atoms with Gasteiger partial charge in [0.15, 0.2) is 0 Å². The lowest BCUT2D eigenvalue weighted by Crippen LogP contribution is -2.48. The average Bonchev–Trinajstić information content (AvgIpc) is 2.40. The topological polar surface area (TPSA) is 50.4 Å². The number of piperidine rings is 2. The number of carbonyl (C=O) groups excluding carboxylic acids is 1. The zero-order valence-corrected chi connectivity index (χ0v) is 10.7. The minimum absolute atomic E-state index is 0.0243. The zero-order valence-electron chi connectivity index (χ0n) is 10.7. The van der Waals surface area contributed by atoms with Gasteiger partial charge in [0.2, 0.25) is 0 Å². The van der Waals surface area contributed by atoms with Crippen molar-refractivity contribution >= 4 is 5.97 Å². The Kier molecular flexibility index (Phi) is 4.80. The fraction of sp³-hybridized carbons (Fsp3) is 0.923. The van der Waals surface area contributed by atoms with Gasteiger partial charge in [-0.15, -0.1) is 0 Å². The highest BCUT2D eigenvalue weighted by molar-refractivity contribution is 5.72. The van der Waals surface area contributed by atoms with E-state index in [1.807, 2.05) is 6.92 Å². The van der Waals surface area contributed by atoms with Crippen LogP contribution in [0.4, 0.5) is 0 Å². The van der Waals surface area contributed by atoms with E-state index in [9.17, 15) is 4.79 Å². The third-order valence-electron chi connectivity index (χ3n) is 4.03. The predicted octanol–water partition coefficient (Wildman–Crippen LogP) is 0.917. The molecule has 2 rings (SSSR count). The summed E-state index contributed by atoms with van der Waals surface area (Å²) < 4.78 is 5.07. The molecule has 0 spiro atoms. The molecular weight excluding hydrogens is 216 g/mol. The number of hydrogen-bond donors (Lipinski definition) is 2. The van der Waals surface area contributed by atoms with Gasteiger partial charge in [0.1, 0.15) is 0 Å². The Balaban J connectivity index is 1.75. The molecule has 2 aliphatic heterocycles. The summed E-state index contributed by atoms with van der Waals surface area (Å²) in [4.78, 5) is 11.6. The van der Waals surface area contributed by atoms with Crippen LogP contribution in [-0.4, -0.2) is 38.3 Å². The van der Waals surface area contributed by atoms with E-state index in [-0.39, 0.29) is 11.9 Å². The fourth-order valence-electron chi connectivity index (χ4n) is 2.99. The van der Waals surface area contributed by atoms with Gasteiger partial charge in [0, 0.05) is 12.6 Å². The zero-order chi connectivity index (χ0) is 12.1. The first-order chi connectivity index (χ1) is 8.31. The molecular formula is C13H24N2O2. The summed E-state index contributed by atoms with van der Waals surface area (Å²) in [7, 11) is 0. The summed E-state index contributed by atoms with van der Waals surface area (Å²) in [5.74, 6) is 0.844. The molecule has 4 heteroatoms. The van der Waals surface area contributed by atoms with Crippen molar-refractivity contribution in [2.75, 3.05) is 26.2 Å². The quantitative estimate of drug-likeness (QED) is 0.720. The van der Waals surface area contributed by atoms with E-state index in [4.69, 9.17) is 4.74 Å². The molecule has 0 radical (unpaired) electrons. The molecule has 2 aliphatic rings. The maximum atomic E-state index is 11.6. The molecule has 0 amide bonds. The molecule has 0 saturated carbocycles. The smallest absolute Gasteiger partial charge is 0.310 e. The van der Waals surface area contributed by atoms with Crippen LogP contribution in [0.1, 0.15) is 32.6 Å². The van der Waals surface area contributed by atoms with Crippen LogP contribution in [0.25, 0.3) is 0 Å². The van der Waals surface area contributed by atoms with Crippen molar-refractivity contribution in [2.24, 2.45) is 11.8 Å². The average molecular weight is 240 g/mol. The Morgan fingerprint density at radius 2 is 2.00 bits per heavy atom. The molecule has 2 fully saturated rings. The third-order valence-corrected chi connectivity index (χ3v) is 4.03. The van der Waals surface area contributed by atoms with Crippen LogP contribution in [0, 0.1) is 11.8 Å². The number of nitrogens with one attached hydrogen (secondary N) is 2. The largest absolute Gasteiger partial charge is 0.466 e. The Hall–Kier alpha value is -0.610. The highest BCUT2D eigenvalue weighted by Crippen LogP contribution is 2.25. The van der Waals surface area contributed by atoms with Crippen LogP contribution in [0.2, 0.25) is 0 Å². The first kappa shape index (κ1) is 12.8. The van der Waals surface area contributed by atoms with Gasteiger partial charge in [-0.1, -0.05) is 0 Å². The minimum atomic E-state index is -0.0243. The highest BCUT2D eigenvalue weighted by Gasteiger charge is 2.31. The molecule has 17 heavy (non-hydrogen) atoms. The summed E-state index contributed by atoms with van der Waals surface area (Å²) in [5, 5.41) is 6.95.